The number of aromatic hydroxyl groups is 1. The summed E-state index contributed by atoms with van der Waals surface area (Å²) < 4.78 is 65.3. The van der Waals surface area contributed by atoms with Crippen molar-refractivity contribution in [3.05, 3.63) is 48.0 Å². The van der Waals surface area contributed by atoms with Crippen LogP contribution >= 0.6 is 0 Å². The van der Waals surface area contributed by atoms with Gasteiger partial charge in [0.25, 0.3) is 0 Å². The van der Waals surface area contributed by atoms with Crippen LogP contribution in [0.4, 0.5) is 4.79 Å². The predicted octanol–water partition coefficient (Wildman–Crippen LogP) is 3.69. The highest BCUT2D eigenvalue weighted by molar-refractivity contribution is 7.92. The molecule has 5 atom stereocenters. The largest absolute Gasteiger partial charge is 0.508 e. The number of benzene rings is 2. The van der Waals surface area contributed by atoms with E-state index in [9.17, 15) is 9.90 Å². The smallest absolute Gasteiger partial charge is 0.413 e. The molecule has 0 saturated carbocycles. The van der Waals surface area contributed by atoms with Gasteiger partial charge in [-0.05, 0) is 62.9 Å². The number of sulfone groups is 1. The molecule has 2 aromatic rings. The molecule has 13 heteroatoms. The van der Waals surface area contributed by atoms with Crippen molar-refractivity contribution in [2.24, 2.45) is 11.7 Å². The maximum atomic E-state index is 15.1. The van der Waals surface area contributed by atoms with Gasteiger partial charge in [0.2, 0.25) is 21.6 Å². The highest BCUT2D eigenvalue weighted by Crippen LogP contribution is 2.56. The Balaban J connectivity index is 1.51. The van der Waals surface area contributed by atoms with E-state index in [1.807, 2.05) is 6.92 Å². The fraction of sp³-hybridized carbons (Fsp3) is 0.581. The van der Waals surface area contributed by atoms with Gasteiger partial charge in [-0.15, -0.1) is 0 Å². The molecule has 44 heavy (non-hydrogen) atoms. The van der Waals surface area contributed by atoms with Crippen molar-refractivity contribution >= 4 is 15.9 Å². The topological polar surface area (TPSA) is 156 Å². The Bertz CT molecular complexity index is 1500. The molecule has 3 saturated heterocycles. The van der Waals surface area contributed by atoms with E-state index in [2.05, 4.69) is 0 Å². The number of phenols is 1. The van der Waals surface area contributed by atoms with Gasteiger partial charge in [0, 0.05) is 19.0 Å². The Morgan fingerprint density at radius 1 is 1.11 bits per heavy atom. The molecule has 0 aliphatic carbocycles. The average molecular weight is 633 g/mol. The summed E-state index contributed by atoms with van der Waals surface area (Å²) in [5, 5.41) is 10.00. The van der Waals surface area contributed by atoms with E-state index in [1.165, 1.54) is 29.2 Å². The number of carbonyl (C=O) groups excluding carboxylic acids is 1. The van der Waals surface area contributed by atoms with Crippen molar-refractivity contribution in [2.75, 3.05) is 26.6 Å². The zero-order valence-electron chi connectivity index (χ0n) is 25.2. The Morgan fingerprint density at radius 3 is 2.59 bits per heavy atom. The van der Waals surface area contributed by atoms with Crippen molar-refractivity contribution < 1.29 is 46.7 Å². The number of carbonyl (C=O) groups is 1. The van der Waals surface area contributed by atoms with Crippen LogP contribution < -0.4 is 15.2 Å². The SMILES string of the molecule is CCCC[C@]1(S(=O)(=O)c2ccc3c(c2)OCO3)OC(C)(C)N(C(=O)O[C@H]2CO[C@H]3OCC[C@H]32)[C@]1(CN)Cc1ccc(O)cc1. The van der Waals surface area contributed by atoms with Crippen LogP contribution in [-0.4, -0.2) is 79.7 Å². The Morgan fingerprint density at radius 2 is 1.86 bits per heavy atom. The molecule has 0 spiro atoms. The van der Waals surface area contributed by atoms with Gasteiger partial charge in [0.1, 0.15) is 23.1 Å². The number of unbranched alkanes of at least 4 members (excludes halogenated alkanes) is 1. The fourth-order valence-corrected chi connectivity index (χ4v) is 9.57. The molecule has 12 nitrogen and oxygen atoms in total. The molecule has 3 fully saturated rings. The third kappa shape index (κ3) is 4.80. The number of rotatable bonds is 9. The molecule has 0 unspecified atom stereocenters. The normalized spacial score (nSPS) is 30.5. The van der Waals surface area contributed by atoms with Crippen LogP contribution in [0.5, 0.6) is 17.2 Å². The number of hydrogen-bond acceptors (Lipinski definition) is 11. The first-order valence-corrected chi connectivity index (χ1v) is 16.5. The molecule has 0 bridgehead atoms. The minimum Gasteiger partial charge on any atom is -0.508 e. The van der Waals surface area contributed by atoms with Crippen molar-refractivity contribution in [3.8, 4) is 17.2 Å². The van der Waals surface area contributed by atoms with E-state index >= 15 is 8.42 Å². The van der Waals surface area contributed by atoms with Crippen molar-refractivity contribution in [1.82, 2.24) is 4.90 Å². The monoisotopic (exact) mass is 632 g/mol. The minimum absolute atomic E-state index is 0.00609. The van der Waals surface area contributed by atoms with Crippen LogP contribution in [0.1, 0.15) is 52.0 Å². The molecule has 0 radical (unpaired) electrons. The lowest BCUT2D eigenvalue weighted by Gasteiger charge is -2.47. The van der Waals surface area contributed by atoms with E-state index in [0.717, 1.165) is 0 Å². The standard InChI is InChI=1S/C31H40N2O10S/c1-4-5-13-31(44(36,37)22-10-11-24-25(15-22)41-19-40-24)30(18-32,16-20-6-8-21(34)9-7-20)33(29(2,3)43-31)28(35)42-26-17-39-27-23(26)12-14-38-27/h6-11,15,23,26-27,34H,4-5,12-14,16-19,32H2,1-3H3/t23-,26-,27+,30-,31+/m0/s1. The maximum Gasteiger partial charge on any atom is 0.413 e. The molecule has 4 heterocycles. The molecule has 0 aromatic heterocycles. The van der Waals surface area contributed by atoms with Crippen LogP contribution in [0, 0.1) is 5.92 Å². The van der Waals surface area contributed by atoms with E-state index in [0.29, 0.717) is 42.9 Å². The lowest BCUT2D eigenvalue weighted by Crippen LogP contribution is -2.69. The Kier molecular flexibility index (Phi) is 7.98. The average Bonchev–Trinajstić information content (AvgIpc) is 3.76. The lowest BCUT2D eigenvalue weighted by atomic mass is 9.81. The molecular formula is C31H40N2O10S. The quantitative estimate of drug-likeness (QED) is 0.416. The van der Waals surface area contributed by atoms with Gasteiger partial charge in [-0.3, -0.25) is 4.90 Å². The number of phenolic OH excluding ortho intramolecular Hbond substituents is 1. The summed E-state index contributed by atoms with van der Waals surface area (Å²) in [6, 6.07) is 10.8. The highest BCUT2D eigenvalue weighted by Gasteiger charge is 2.74. The Hall–Kier alpha value is -3.10. The predicted molar refractivity (Wildman–Crippen MR) is 157 cm³/mol. The summed E-state index contributed by atoms with van der Waals surface area (Å²) in [5.41, 5.74) is 4.22. The zero-order valence-corrected chi connectivity index (χ0v) is 26.0. The van der Waals surface area contributed by atoms with Gasteiger partial charge in [0.15, 0.2) is 17.8 Å². The van der Waals surface area contributed by atoms with E-state index in [1.54, 1.807) is 32.0 Å². The number of hydrogen-bond donors (Lipinski definition) is 2. The van der Waals surface area contributed by atoms with E-state index in [-0.39, 0.29) is 49.3 Å². The summed E-state index contributed by atoms with van der Waals surface area (Å²) in [6.45, 7) is 5.65. The molecule has 1 amide bonds. The summed E-state index contributed by atoms with van der Waals surface area (Å²) in [6.07, 6.45) is 0.0939. The van der Waals surface area contributed by atoms with Crippen molar-refractivity contribution in [2.45, 2.75) is 86.4 Å². The maximum absolute atomic E-state index is 15.1. The first-order chi connectivity index (χ1) is 21.0. The summed E-state index contributed by atoms with van der Waals surface area (Å²) in [7, 11) is -4.40. The van der Waals surface area contributed by atoms with Crippen molar-refractivity contribution in [1.29, 1.82) is 0 Å². The van der Waals surface area contributed by atoms with E-state index < -0.39 is 44.5 Å². The number of nitrogens with two attached hydrogens (primary N) is 1. The van der Waals surface area contributed by atoms with Gasteiger partial charge in [-0.2, -0.15) is 0 Å². The van der Waals surface area contributed by atoms with Gasteiger partial charge >= 0.3 is 6.09 Å². The van der Waals surface area contributed by atoms with Crippen LogP contribution in [0.3, 0.4) is 0 Å². The second kappa shape index (κ2) is 11.4. The van der Waals surface area contributed by atoms with Crippen LogP contribution in [0.15, 0.2) is 47.4 Å². The van der Waals surface area contributed by atoms with Crippen molar-refractivity contribution in [3.63, 3.8) is 0 Å². The van der Waals surface area contributed by atoms with E-state index in [4.69, 9.17) is 34.2 Å². The second-order valence-electron chi connectivity index (χ2n) is 12.3. The number of nitrogens with zero attached hydrogens (tertiary/aromatic N) is 1. The third-order valence-corrected chi connectivity index (χ3v) is 11.6. The number of fused-ring (bicyclic) bond motifs is 2. The molecule has 4 aliphatic heterocycles. The lowest BCUT2D eigenvalue weighted by molar-refractivity contribution is -0.0922. The fourth-order valence-electron chi connectivity index (χ4n) is 7.21. The van der Waals surface area contributed by atoms with Crippen LogP contribution in [0.2, 0.25) is 0 Å². The number of amides is 1. The number of ether oxygens (including phenoxy) is 6. The van der Waals surface area contributed by atoms with Gasteiger partial charge in [0.05, 0.1) is 24.0 Å². The Labute approximate surface area is 257 Å². The first-order valence-electron chi connectivity index (χ1n) is 15.0. The molecular weight excluding hydrogens is 592 g/mol. The highest BCUT2D eigenvalue weighted by atomic mass is 32.2. The second-order valence-corrected chi connectivity index (χ2v) is 14.4. The summed E-state index contributed by atoms with van der Waals surface area (Å²) >= 11 is 0. The minimum atomic E-state index is -4.40. The molecule has 2 aromatic carbocycles. The molecule has 6 rings (SSSR count). The van der Waals surface area contributed by atoms with Crippen LogP contribution in [0.25, 0.3) is 0 Å². The first kappa shape index (κ1) is 30.9. The molecule has 240 valence electrons. The summed E-state index contributed by atoms with van der Waals surface area (Å²) in [4.78, 5) is 13.8. The van der Waals surface area contributed by atoms with Gasteiger partial charge in [-0.1, -0.05) is 25.5 Å². The van der Waals surface area contributed by atoms with Gasteiger partial charge in [-0.25, -0.2) is 13.2 Å². The van der Waals surface area contributed by atoms with Crippen LogP contribution in [-0.2, 0) is 35.2 Å². The molecule has 4 aliphatic rings. The zero-order chi connectivity index (χ0) is 31.3. The molecule has 3 N–H and O–H groups in total. The van der Waals surface area contributed by atoms with Gasteiger partial charge < -0.3 is 39.3 Å². The third-order valence-electron chi connectivity index (χ3n) is 9.23. The summed E-state index contributed by atoms with van der Waals surface area (Å²) in [5.74, 6) is 0.662.